The van der Waals surface area contributed by atoms with Gasteiger partial charge in [-0.25, -0.2) is 0 Å². The predicted molar refractivity (Wildman–Crippen MR) is 89.6 cm³/mol. The van der Waals surface area contributed by atoms with Crippen molar-refractivity contribution in [1.82, 2.24) is 5.32 Å². The van der Waals surface area contributed by atoms with Crippen molar-refractivity contribution in [3.8, 4) is 11.5 Å². The number of fused-ring (bicyclic) bond motifs is 2. The molecule has 23 heavy (non-hydrogen) atoms. The molecule has 1 aromatic rings. The number of para-hydroxylation sites is 2. The SMILES string of the molecule is COc1ccccc1OCC(=O)NC1CC2CCC1(C)C2(C)C. The zero-order chi connectivity index (χ0) is 16.7. The molecule has 0 aliphatic heterocycles. The van der Waals surface area contributed by atoms with Gasteiger partial charge in [0.1, 0.15) is 0 Å². The third kappa shape index (κ3) is 2.58. The van der Waals surface area contributed by atoms with Crippen molar-refractivity contribution >= 4 is 5.91 Å². The highest BCUT2D eigenvalue weighted by Crippen LogP contribution is 2.65. The molecule has 0 saturated heterocycles. The molecule has 1 aromatic carbocycles. The van der Waals surface area contributed by atoms with E-state index in [9.17, 15) is 4.79 Å². The van der Waals surface area contributed by atoms with Crippen molar-refractivity contribution in [3.63, 3.8) is 0 Å². The van der Waals surface area contributed by atoms with Gasteiger partial charge in [-0.3, -0.25) is 4.79 Å². The van der Waals surface area contributed by atoms with Crippen LogP contribution >= 0.6 is 0 Å². The minimum absolute atomic E-state index is 0.0258. The standard InChI is InChI=1S/C19H27NO3/c1-18(2)13-9-10-19(18,3)16(11-13)20-17(21)12-23-15-8-6-5-7-14(15)22-4/h5-8,13,16H,9-12H2,1-4H3,(H,20,21). The minimum Gasteiger partial charge on any atom is -0.493 e. The van der Waals surface area contributed by atoms with Gasteiger partial charge < -0.3 is 14.8 Å². The van der Waals surface area contributed by atoms with Gasteiger partial charge in [0.15, 0.2) is 18.1 Å². The highest BCUT2D eigenvalue weighted by atomic mass is 16.5. The van der Waals surface area contributed by atoms with Crippen molar-refractivity contribution in [2.75, 3.05) is 13.7 Å². The third-order valence-corrected chi connectivity index (χ3v) is 6.56. The van der Waals surface area contributed by atoms with E-state index in [4.69, 9.17) is 9.47 Å². The summed E-state index contributed by atoms with van der Waals surface area (Å²) in [6.45, 7) is 7.05. The fourth-order valence-corrected chi connectivity index (χ4v) is 4.54. The Morgan fingerprint density at radius 1 is 1.26 bits per heavy atom. The number of hydrogen-bond acceptors (Lipinski definition) is 3. The summed E-state index contributed by atoms with van der Waals surface area (Å²) in [5.41, 5.74) is 0.492. The fourth-order valence-electron chi connectivity index (χ4n) is 4.54. The Kier molecular flexibility index (Phi) is 4.03. The van der Waals surface area contributed by atoms with E-state index < -0.39 is 0 Å². The highest BCUT2D eigenvalue weighted by molar-refractivity contribution is 5.78. The van der Waals surface area contributed by atoms with Crippen LogP contribution in [0.15, 0.2) is 24.3 Å². The maximum absolute atomic E-state index is 12.3. The molecule has 3 rings (SSSR count). The molecule has 2 bridgehead atoms. The van der Waals surface area contributed by atoms with Crippen LogP contribution in [0.3, 0.4) is 0 Å². The lowest BCUT2D eigenvalue weighted by Gasteiger charge is -2.39. The van der Waals surface area contributed by atoms with Gasteiger partial charge >= 0.3 is 0 Å². The average Bonchev–Trinajstić information content (AvgIpc) is 2.86. The van der Waals surface area contributed by atoms with Gasteiger partial charge in [-0.2, -0.15) is 0 Å². The van der Waals surface area contributed by atoms with E-state index >= 15 is 0 Å². The topological polar surface area (TPSA) is 47.6 Å². The first-order valence-corrected chi connectivity index (χ1v) is 8.43. The lowest BCUT2D eigenvalue weighted by molar-refractivity contribution is -0.124. The van der Waals surface area contributed by atoms with E-state index in [0.717, 1.165) is 6.42 Å². The molecule has 2 aliphatic carbocycles. The van der Waals surface area contributed by atoms with Crippen LogP contribution in [0.4, 0.5) is 0 Å². The highest BCUT2D eigenvalue weighted by Gasteiger charge is 2.61. The Labute approximate surface area is 138 Å². The number of amides is 1. The van der Waals surface area contributed by atoms with Crippen molar-refractivity contribution in [3.05, 3.63) is 24.3 Å². The number of benzene rings is 1. The molecule has 4 heteroatoms. The average molecular weight is 317 g/mol. The summed E-state index contributed by atoms with van der Waals surface area (Å²) < 4.78 is 10.9. The van der Waals surface area contributed by atoms with Crippen LogP contribution in [0, 0.1) is 16.7 Å². The molecule has 2 fully saturated rings. The van der Waals surface area contributed by atoms with Gasteiger partial charge in [-0.05, 0) is 48.1 Å². The molecule has 2 saturated carbocycles. The zero-order valence-electron chi connectivity index (χ0n) is 14.5. The molecular formula is C19H27NO3. The summed E-state index contributed by atoms with van der Waals surface area (Å²) in [6, 6.07) is 7.64. The minimum atomic E-state index is -0.0505. The van der Waals surface area contributed by atoms with Crippen LogP contribution in [0.1, 0.15) is 40.0 Å². The van der Waals surface area contributed by atoms with Crippen molar-refractivity contribution in [2.45, 2.75) is 46.1 Å². The predicted octanol–water partition coefficient (Wildman–Crippen LogP) is 3.41. The molecular weight excluding hydrogens is 290 g/mol. The number of methoxy groups -OCH3 is 1. The van der Waals surface area contributed by atoms with Crippen molar-refractivity contribution < 1.29 is 14.3 Å². The van der Waals surface area contributed by atoms with E-state index in [1.165, 1.54) is 12.8 Å². The van der Waals surface area contributed by atoms with Gasteiger partial charge in [0.05, 0.1) is 7.11 Å². The fraction of sp³-hybridized carbons (Fsp3) is 0.632. The van der Waals surface area contributed by atoms with E-state index in [0.29, 0.717) is 22.8 Å². The second-order valence-corrected chi connectivity index (χ2v) is 7.67. The number of carbonyl (C=O) groups excluding carboxylic acids is 1. The summed E-state index contributed by atoms with van der Waals surface area (Å²) in [4.78, 5) is 12.3. The van der Waals surface area contributed by atoms with Crippen LogP contribution in [0.2, 0.25) is 0 Å². The van der Waals surface area contributed by atoms with Crippen LogP contribution in [0.5, 0.6) is 11.5 Å². The van der Waals surface area contributed by atoms with Crippen LogP contribution in [0.25, 0.3) is 0 Å². The summed E-state index contributed by atoms with van der Waals surface area (Å²) >= 11 is 0. The number of nitrogens with one attached hydrogen (secondary N) is 1. The molecule has 0 spiro atoms. The number of carbonyl (C=O) groups is 1. The third-order valence-electron chi connectivity index (χ3n) is 6.56. The van der Waals surface area contributed by atoms with E-state index in [1.54, 1.807) is 7.11 Å². The Bertz CT molecular complexity index is 598. The van der Waals surface area contributed by atoms with Gasteiger partial charge in [0.2, 0.25) is 0 Å². The second-order valence-electron chi connectivity index (χ2n) is 7.67. The molecule has 0 radical (unpaired) electrons. The maximum atomic E-state index is 12.3. The summed E-state index contributed by atoms with van der Waals surface area (Å²) in [7, 11) is 1.60. The lowest BCUT2D eigenvalue weighted by Crippen LogP contribution is -2.48. The summed E-state index contributed by atoms with van der Waals surface area (Å²) in [5.74, 6) is 1.91. The molecule has 3 atom stereocenters. The Morgan fingerprint density at radius 2 is 1.96 bits per heavy atom. The number of hydrogen-bond donors (Lipinski definition) is 1. The van der Waals surface area contributed by atoms with E-state index in [-0.39, 0.29) is 24.0 Å². The van der Waals surface area contributed by atoms with Crippen molar-refractivity contribution in [1.29, 1.82) is 0 Å². The molecule has 0 heterocycles. The van der Waals surface area contributed by atoms with Gasteiger partial charge in [-0.15, -0.1) is 0 Å². The van der Waals surface area contributed by atoms with Gasteiger partial charge in [0.25, 0.3) is 5.91 Å². The molecule has 3 unspecified atom stereocenters. The zero-order valence-corrected chi connectivity index (χ0v) is 14.5. The normalized spacial score (nSPS) is 31.0. The van der Waals surface area contributed by atoms with Crippen LogP contribution in [-0.2, 0) is 4.79 Å². The first kappa shape index (κ1) is 16.2. The Balaban J connectivity index is 1.59. The Hall–Kier alpha value is -1.71. The molecule has 2 aliphatic rings. The second kappa shape index (κ2) is 5.73. The van der Waals surface area contributed by atoms with Gasteiger partial charge in [-0.1, -0.05) is 32.9 Å². The smallest absolute Gasteiger partial charge is 0.258 e. The summed E-state index contributed by atoms with van der Waals surface area (Å²) in [6.07, 6.45) is 3.57. The Morgan fingerprint density at radius 3 is 2.52 bits per heavy atom. The quantitative estimate of drug-likeness (QED) is 0.905. The first-order valence-electron chi connectivity index (χ1n) is 8.43. The summed E-state index contributed by atoms with van der Waals surface area (Å²) in [5, 5.41) is 3.21. The molecule has 126 valence electrons. The molecule has 4 nitrogen and oxygen atoms in total. The van der Waals surface area contributed by atoms with Crippen LogP contribution in [-0.4, -0.2) is 25.7 Å². The number of ether oxygens (including phenoxy) is 2. The largest absolute Gasteiger partial charge is 0.493 e. The monoisotopic (exact) mass is 317 g/mol. The van der Waals surface area contributed by atoms with Crippen molar-refractivity contribution in [2.24, 2.45) is 16.7 Å². The maximum Gasteiger partial charge on any atom is 0.258 e. The number of rotatable bonds is 5. The molecule has 1 N–H and O–H groups in total. The molecule has 0 aromatic heterocycles. The first-order chi connectivity index (χ1) is 10.9. The van der Waals surface area contributed by atoms with Gasteiger partial charge in [0, 0.05) is 6.04 Å². The van der Waals surface area contributed by atoms with E-state index in [2.05, 4.69) is 26.1 Å². The van der Waals surface area contributed by atoms with E-state index in [1.807, 2.05) is 24.3 Å². The lowest BCUT2D eigenvalue weighted by atomic mass is 9.69. The van der Waals surface area contributed by atoms with Crippen LogP contribution < -0.4 is 14.8 Å². The molecule has 1 amide bonds.